The van der Waals surface area contributed by atoms with Crippen LogP contribution in [0.15, 0.2) is 45.9 Å². The monoisotopic (exact) mass is 417 g/mol. The fraction of sp³-hybridized carbons (Fsp3) is 0.250. The van der Waals surface area contributed by atoms with E-state index in [9.17, 15) is 9.59 Å². The number of thioether (sulfide) groups is 1. The third-order valence-electron chi connectivity index (χ3n) is 4.27. The van der Waals surface area contributed by atoms with E-state index < -0.39 is 5.97 Å². The number of hydrogen-bond acceptors (Lipinski definition) is 7. The molecule has 1 fully saturated rings. The van der Waals surface area contributed by atoms with E-state index in [2.05, 4.69) is 0 Å². The molecular weight excluding hydrogens is 398 g/mol. The van der Waals surface area contributed by atoms with Gasteiger partial charge in [-0.3, -0.25) is 9.69 Å². The Balaban J connectivity index is 1.82. The minimum Gasteiger partial charge on any atom is -0.493 e. The lowest BCUT2D eigenvalue weighted by atomic mass is 10.1. The summed E-state index contributed by atoms with van der Waals surface area (Å²) < 4.78 is 16.2. The van der Waals surface area contributed by atoms with Gasteiger partial charge in [0.25, 0.3) is 5.91 Å². The zero-order valence-corrected chi connectivity index (χ0v) is 17.3. The number of thiocarbonyl (C=S) groups is 1. The number of hydrogen-bond donors (Lipinski definition) is 0. The SMILES string of the molecule is CCC(C)N1C(=O)C(=Cc2ccc(OC(=O)c3ccco3)c(OC)c2)SC1=S. The van der Waals surface area contributed by atoms with E-state index in [1.165, 1.54) is 31.2 Å². The standard InChI is InChI=1S/C20H19NO5S2/c1-4-12(2)21-18(22)17(28-20(21)27)11-13-7-8-14(16(10-13)24-3)26-19(23)15-6-5-9-25-15/h5-12H,4H2,1-3H3. The first-order valence-electron chi connectivity index (χ1n) is 8.65. The van der Waals surface area contributed by atoms with Gasteiger partial charge in [0.1, 0.15) is 4.32 Å². The topological polar surface area (TPSA) is 69.0 Å². The third kappa shape index (κ3) is 4.13. The molecule has 0 aliphatic carbocycles. The third-order valence-corrected chi connectivity index (χ3v) is 5.60. The van der Waals surface area contributed by atoms with Gasteiger partial charge in [-0.1, -0.05) is 37.0 Å². The Hall–Kier alpha value is -2.58. The van der Waals surface area contributed by atoms with Crippen molar-refractivity contribution in [2.24, 2.45) is 0 Å². The first-order valence-corrected chi connectivity index (χ1v) is 9.87. The molecule has 1 amide bonds. The number of amides is 1. The summed E-state index contributed by atoms with van der Waals surface area (Å²) in [4.78, 5) is 26.9. The number of rotatable bonds is 6. The predicted octanol–water partition coefficient (Wildman–Crippen LogP) is 4.51. The van der Waals surface area contributed by atoms with E-state index in [1.54, 1.807) is 35.2 Å². The smallest absolute Gasteiger partial charge is 0.379 e. The van der Waals surface area contributed by atoms with Crippen molar-refractivity contribution in [1.82, 2.24) is 4.90 Å². The Morgan fingerprint density at radius 1 is 1.36 bits per heavy atom. The summed E-state index contributed by atoms with van der Waals surface area (Å²) in [6, 6.07) is 8.22. The van der Waals surface area contributed by atoms with Gasteiger partial charge >= 0.3 is 5.97 Å². The highest BCUT2D eigenvalue weighted by Crippen LogP contribution is 2.36. The van der Waals surface area contributed by atoms with Crippen LogP contribution in [0.5, 0.6) is 11.5 Å². The first-order chi connectivity index (χ1) is 13.4. The van der Waals surface area contributed by atoms with Gasteiger partial charge in [-0.25, -0.2) is 4.79 Å². The van der Waals surface area contributed by atoms with E-state index in [0.717, 1.165) is 12.0 Å². The Morgan fingerprint density at radius 3 is 2.79 bits per heavy atom. The van der Waals surface area contributed by atoms with Crippen LogP contribution in [0.3, 0.4) is 0 Å². The predicted molar refractivity (Wildman–Crippen MR) is 111 cm³/mol. The molecule has 0 bridgehead atoms. The molecule has 6 nitrogen and oxygen atoms in total. The van der Waals surface area contributed by atoms with Crippen molar-refractivity contribution in [3.63, 3.8) is 0 Å². The molecular formula is C20H19NO5S2. The van der Waals surface area contributed by atoms with E-state index in [-0.39, 0.29) is 23.5 Å². The number of benzene rings is 1. The Labute approximate surface area is 172 Å². The van der Waals surface area contributed by atoms with Gasteiger partial charge in [-0.15, -0.1) is 0 Å². The van der Waals surface area contributed by atoms with Crippen LogP contribution in [0.2, 0.25) is 0 Å². The fourth-order valence-corrected chi connectivity index (χ4v) is 4.06. The van der Waals surface area contributed by atoms with Crippen LogP contribution >= 0.6 is 24.0 Å². The number of furan rings is 1. The van der Waals surface area contributed by atoms with Crippen molar-refractivity contribution in [1.29, 1.82) is 0 Å². The largest absolute Gasteiger partial charge is 0.493 e. The summed E-state index contributed by atoms with van der Waals surface area (Å²) in [5, 5.41) is 0. The summed E-state index contributed by atoms with van der Waals surface area (Å²) in [7, 11) is 1.48. The second-order valence-electron chi connectivity index (χ2n) is 6.09. The van der Waals surface area contributed by atoms with Gasteiger partial charge in [0, 0.05) is 6.04 Å². The van der Waals surface area contributed by atoms with Crippen LogP contribution in [0.1, 0.15) is 36.4 Å². The van der Waals surface area contributed by atoms with Crippen molar-refractivity contribution in [2.75, 3.05) is 7.11 Å². The van der Waals surface area contributed by atoms with Gasteiger partial charge in [-0.05, 0) is 49.2 Å². The number of nitrogens with zero attached hydrogens (tertiary/aromatic N) is 1. The first kappa shape index (κ1) is 20.2. The molecule has 1 unspecified atom stereocenters. The second kappa shape index (κ2) is 8.62. The van der Waals surface area contributed by atoms with Crippen LogP contribution < -0.4 is 9.47 Å². The van der Waals surface area contributed by atoms with Crippen LogP contribution in [-0.4, -0.2) is 34.2 Å². The summed E-state index contributed by atoms with van der Waals surface area (Å²) >= 11 is 6.62. The van der Waals surface area contributed by atoms with Gasteiger partial charge < -0.3 is 13.9 Å². The quantitative estimate of drug-likeness (QED) is 0.296. The van der Waals surface area contributed by atoms with Crippen molar-refractivity contribution in [3.8, 4) is 11.5 Å². The second-order valence-corrected chi connectivity index (χ2v) is 7.76. The van der Waals surface area contributed by atoms with Crippen molar-refractivity contribution < 1.29 is 23.5 Å². The number of methoxy groups -OCH3 is 1. The average molecular weight is 418 g/mol. The van der Waals surface area contributed by atoms with Crippen molar-refractivity contribution in [3.05, 3.63) is 52.8 Å². The molecule has 1 aromatic carbocycles. The maximum atomic E-state index is 12.7. The average Bonchev–Trinajstić information content (AvgIpc) is 3.31. The van der Waals surface area contributed by atoms with E-state index in [0.29, 0.717) is 15.0 Å². The molecule has 146 valence electrons. The normalized spacial score (nSPS) is 16.5. The van der Waals surface area contributed by atoms with Crippen LogP contribution in [-0.2, 0) is 4.79 Å². The molecule has 3 rings (SSSR count). The van der Waals surface area contributed by atoms with Crippen molar-refractivity contribution in [2.45, 2.75) is 26.3 Å². The maximum Gasteiger partial charge on any atom is 0.379 e. The highest BCUT2D eigenvalue weighted by atomic mass is 32.2. The van der Waals surface area contributed by atoms with Crippen LogP contribution in [0.4, 0.5) is 0 Å². The zero-order chi connectivity index (χ0) is 20.3. The lowest BCUT2D eigenvalue weighted by Crippen LogP contribution is -2.36. The highest BCUT2D eigenvalue weighted by molar-refractivity contribution is 8.26. The molecule has 1 aromatic heterocycles. The van der Waals surface area contributed by atoms with Crippen LogP contribution in [0, 0.1) is 0 Å². The molecule has 28 heavy (non-hydrogen) atoms. The Bertz CT molecular complexity index is 936. The molecule has 0 saturated carbocycles. The zero-order valence-electron chi connectivity index (χ0n) is 15.6. The van der Waals surface area contributed by atoms with Gasteiger partial charge in [-0.2, -0.15) is 0 Å². The van der Waals surface area contributed by atoms with Gasteiger partial charge in [0.15, 0.2) is 11.5 Å². The molecule has 1 atom stereocenters. The highest BCUT2D eigenvalue weighted by Gasteiger charge is 2.34. The number of carbonyl (C=O) groups excluding carboxylic acids is 2. The van der Waals surface area contributed by atoms with Crippen molar-refractivity contribution >= 4 is 46.3 Å². The molecule has 2 aromatic rings. The lowest BCUT2D eigenvalue weighted by Gasteiger charge is -2.21. The molecule has 2 heterocycles. The molecule has 0 spiro atoms. The minimum absolute atomic E-state index is 0.0522. The minimum atomic E-state index is -0.620. The van der Waals surface area contributed by atoms with E-state index in [1.807, 2.05) is 13.8 Å². The molecule has 0 radical (unpaired) electrons. The number of ether oxygens (including phenoxy) is 2. The lowest BCUT2D eigenvalue weighted by molar-refractivity contribution is -0.123. The fourth-order valence-electron chi connectivity index (χ4n) is 2.60. The molecule has 8 heteroatoms. The molecule has 1 aliphatic heterocycles. The van der Waals surface area contributed by atoms with E-state index >= 15 is 0 Å². The number of esters is 1. The Kier molecular flexibility index (Phi) is 6.21. The van der Waals surface area contributed by atoms with Gasteiger partial charge in [0.05, 0.1) is 18.3 Å². The molecule has 1 saturated heterocycles. The summed E-state index contributed by atoms with van der Waals surface area (Å²) in [6.45, 7) is 3.99. The molecule has 0 N–H and O–H groups in total. The number of carbonyl (C=O) groups is 2. The maximum absolute atomic E-state index is 12.7. The summed E-state index contributed by atoms with van der Waals surface area (Å²) in [6.07, 6.45) is 3.97. The van der Waals surface area contributed by atoms with E-state index in [4.69, 9.17) is 26.1 Å². The van der Waals surface area contributed by atoms with Crippen LogP contribution in [0.25, 0.3) is 6.08 Å². The van der Waals surface area contributed by atoms with Gasteiger partial charge in [0.2, 0.25) is 5.76 Å². The molecule has 1 aliphatic rings. The summed E-state index contributed by atoms with van der Waals surface area (Å²) in [5.41, 5.74) is 0.735. The Morgan fingerprint density at radius 2 is 2.14 bits per heavy atom. The summed E-state index contributed by atoms with van der Waals surface area (Å²) in [5.74, 6) is 0.00114.